The third kappa shape index (κ3) is 5.55. The van der Waals surface area contributed by atoms with Crippen molar-refractivity contribution in [2.45, 2.75) is 38.8 Å². The van der Waals surface area contributed by atoms with E-state index in [2.05, 4.69) is 36.5 Å². The minimum atomic E-state index is 0.580. The molecule has 0 radical (unpaired) electrons. The van der Waals surface area contributed by atoms with Crippen molar-refractivity contribution >= 4 is 0 Å². The fourth-order valence-corrected chi connectivity index (χ4v) is 1.58. The Morgan fingerprint density at radius 2 is 1.93 bits per heavy atom. The fourth-order valence-electron chi connectivity index (χ4n) is 1.58. The van der Waals surface area contributed by atoms with Gasteiger partial charge in [0.05, 0.1) is 0 Å². The van der Waals surface area contributed by atoms with E-state index in [0.29, 0.717) is 6.04 Å². The first-order chi connectivity index (χ1) is 7.33. The minimum absolute atomic E-state index is 0.580. The van der Waals surface area contributed by atoms with Crippen LogP contribution in [0.5, 0.6) is 0 Å². The van der Waals surface area contributed by atoms with E-state index in [-0.39, 0.29) is 0 Å². The van der Waals surface area contributed by atoms with Crippen molar-refractivity contribution in [2.24, 2.45) is 5.73 Å². The molecule has 0 aromatic heterocycles. The van der Waals surface area contributed by atoms with E-state index in [1.165, 1.54) is 18.4 Å². The van der Waals surface area contributed by atoms with Crippen molar-refractivity contribution in [3.63, 3.8) is 0 Å². The Morgan fingerprint density at radius 3 is 2.60 bits per heavy atom. The zero-order chi connectivity index (χ0) is 10.9. The molecule has 1 atom stereocenters. The van der Waals surface area contributed by atoms with Gasteiger partial charge in [-0.3, -0.25) is 0 Å². The van der Waals surface area contributed by atoms with Crippen molar-refractivity contribution < 1.29 is 0 Å². The van der Waals surface area contributed by atoms with E-state index in [1.807, 2.05) is 6.07 Å². The van der Waals surface area contributed by atoms with Gasteiger partial charge in [0.25, 0.3) is 0 Å². The molecule has 0 heterocycles. The zero-order valence-electron chi connectivity index (χ0n) is 9.58. The molecule has 1 aromatic carbocycles. The molecule has 1 unspecified atom stereocenters. The third-order valence-corrected chi connectivity index (χ3v) is 2.59. The summed E-state index contributed by atoms with van der Waals surface area (Å²) in [6, 6.07) is 11.1. The second kappa shape index (κ2) is 7.43. The number of hydrogen-bond acceptors (Lipinski definition) is 2. The Morgan fingerprint density at radius 1 is 1.20 bits per heavy atom. The number of benzene rings is 1. The largest absolute Gasteiger partial charge is 0.330 e. The van der Waals surface area contributed by atoms with Gasteiger partial charge in [0.2, 0.25) is 0 Å². The molecule has 0 aliphatic rings. The van der Waals surface area contributed by atoms with Crippen LogP contribution in [0, 0.1) is 0 Å². The van der Waals surface area contributed by atoms with E-state index >= 15 is 0 Å². The Kier molecular flexibility index (Phi) is 6.05. The third-order valence-electron chi connectivity index (χ3n) is 2.59. The first-order valence-corrected chi connectivity index (χ1v) is 5.80. The minimum Gasteiger partial charge on any atom is -0.330 e. The maximum atomic E-state index is 5.46. The quantitative estimate of drug-likeness (QED) is 0.672. The smallest absolute Gasteiger partial charge is 0.0207 e. The van der Waals surface area contributed by atoms with Crippen LogP contribution < -0.4 is 11.1 Å². The molecular formula is C13H22N2. The van der Waals surface area contributed by atoms with Crippen molar-refractivity contribution in [2.75, 3.05) is 6.54 Å². The van der Waals surface area contributed by atoms with Gasteiger partial charge in [-0.25, -0.2) is 0 Å². The standard InChI is InChI=1S/C13H22N2/c1-12(7-5-6-10-14)15-11-13-8-3-2-4-9-13/h2-4,8-9,12,15H,5-7,10-11,14H2,1H3. The normalized spacial score (nSPS) is 12.7. The van der Waals surface area contributed by atoms with E-state index in [0.717, 1.165) is 19.5 Å². The molecule has 0 saturated carbocycles. The van der Waals surface area contributed by atoms with Crippen LogP contribution >= 0.6 is 0 Å². The molecule has 1 rings (SSSR count). The predicted octanol–water partition coefficient (Wildman–Crippen LogP) is 2.29. The summed E-state index contributed by atoms with van der Waals surface area (Å²) in [7, 11) is 0. The number of rotatable bonds is 7. The van der Waals surface area contributed by atoms with Gasteiger partial charge in [0, 0.05) is 12.6 Å². The topological polar surface area (TPSA) is 38.0 Å². The number of hydrogen-bond donors (Lipinski definition) is 2. The molecule has 1 aromatic rings. The van der Waals surface area contributed by atoms with Gasteiger partial charge in [-0.1, -0.05) is 36.8 Å². The summed E-state index contributed by atoms with van der Waals surface area (Å²) in [5.41, 5.74) is 6.81. The lowest BCUT2D eigenvalue weighted by molar-refractivity contribution is 0.491. The Balaban J connectivity index is 2.14. The van der Waals surface area contributed by atoms with Gasteiger partial charge < -0.3 is 11.1 Å². The second-order valence-electron chi connectivity index (χ2n) is 4.05. The fraction of sp³-hybridized carbons (Fsp3) is 0.538. The van der Waals surface area contributed by atoms with Crippen LogP contribution in [0.4, 0.5) is 0 Å². The SMILES string of the molecule is CC(CCCCN)NCc1ccccc1. The van der Waals surface area contributed by atoms with Gasteiger partial charge in [0.15, 0.2) is 0 Å². The van der Waals surface area contributed by atoms with Crippen LogP contribution in [0.25, 0.3) is 0 Å². The molecule has 2 heteroatoms. The highest BCUT2D eigenvalue weighted by Crippen LogP contribution is 2.02. The van der Waals surface area contributed by atoms with Gasteiger partial charge in [-0.05, 0) is 31.9 Å². The highest BCUT2D eigenvalue weighted by molar-refractivity contribution is 5.14. The molecule has 0 fully saturated rings. The average Bonchev–Trinajstić information content (AvgIpc) is 2.28. The summed E-state index contributed by atoms with van der Waals surface area (Å²) in [5, 5.41) is 3.52. The molecular weight excluding hydrogens is 184 g/mol. The van der Waals surface area contributed by atoms with Crippen LogP contribution in [0.3, 0.4) is 0 Å². The number of nitrogens with two attached hydrogens (primary N) is 1. The molecule has 0 aliphatic heterocycles. The number of unbranched alkanes of at least 4 members (excludes halogenated alkanes) is 1. The lowest BCUT2D eigenvalue weighted by Gasteiger charge is -2.13. The summed E-state index contributed by atoms with van der Waals surface area (Å²) in [6.45, 7) is 4.01. The first-order valence-electron chi connectivity index (χ1n) is 5.80. The van der Waals surface area contributed by atoms with Crippen LogP contribution in [0.1, 0.15) is 31.7 Å². The predicted molar refractivity (Wildman–Crippen MR) is 65.6 cm³/mol. The van der Waals surface area contributed by atoms with Gasteiger partial charge in [-0.2, -0.15) is 0 Å². The molecule has 15 heavy (non-hydrogen) atoms. The Bertz CT molecular complexity index is 246. The Labute approximate surface area is 92.9 Å². The maximum absolute atomic E-state index is 5.46. The molecule has 2 nitrogen and oxygen atoms in total. The summed E-state index contributed by atoms with van der Waals surface area (Å²) in [5.74, 6) is 0. The lowest BCUT2D eigenvalue weighted by atomic mass is 10.1. The van der Waals surface area contributed by atoms with E-state index in [9.17, 15) is 0 Å². The van der Waals surface area contributed by atoms with Gasteiger partial charge in [0.1, 0.15) is 0 Å². The van der Waals surface area contributed by atoms with E-state index in [1.54, 1.807) is 0 Å². The molecule has 0 saturated heterocycles. The molecule has 84 valence electrons. The van der Waals surface area contributed by atoms with E-state index in [4.69, 9.17) is 5.73 Å². The van der Waals surface area contributed by atoms with Crippen LogP contribution in [0.2, 0.25) is 0 Å². The van der Waals surface area contributed by atoms with Crippen LogP contribution in [-0.4, -0.2) is 12.6 Å². The molecule has 0 spiro atoms. The van der Waals surface area contributed by atoms with Crippen molar-refractivity contribution in [3.05, 3.63) is 35.9 Å². The second-order valence-corrected chi connectivity index (χ2v) is 4.05. The zero-order valence-corrected chi connectivity index (χ0v) is 9.58. The maximum Gasteiger partial charge on any atom is 0.0207 e. The van der Waals surface area contributed by atoms with Crippen molar-refractivity contribution in [3.8, 4) is 0 Å². The Hall–Kier alpha value is -0.860. The monoisotopic (exact) mass is 206 g/mol. The summed E-state index contributed by atoms with van der Waals surface area (Å²) in [6.07, 6.45) is 3.57. The lowest BCUT2D eigenvalue weighted by Crippen LogP contribution is -2.25. The van der Waals surface area contributed by atoms with Gasteiger partial charge >= 0.3 is 0 Å². The highest BCUT2D eigenvalue weighted by atomic mass is 14.9. The highest BCUT2D eigenvalue weighted by Gasteiger charge is 2.00. The number of nitrogens with one attached hydrogen (secondary N) is 1. The summed E-state index contributed by atoms with van der Waals surface area (Å²) >= 11 is 0. The summed E-state index contributed by atoms with van der Waals surface area (Å²) in [4.78, 5) is 0. The summed E-state index contributed by atoms with van der Waals surface area (Å²) < 4.78 is 0. The molecule has 0 bridgehead atoms. The van der Waals surface area contributed by atoms with Crippen molar-refractivity contribution in [1.29, 1.82) is 0 Å². The van der Waals surface area contributed by atoms with Gasteiger partial charge in [-0.15, -0.1) is 0 Å². The first kappa shape index (κ1) is 12.2. The average molecular weight is 206 g/mol. The molecule has 3 N–H and O–H groups in total. The van der Waals surface area contributed by atoms with E-state index < -0.39 is 0 Å². The molecule has 0 aliphatic carbocycles. The van der Waals surface area contributed by atoms with Crippen LogP contribution in [0.15, 0.2) is 30.3 Å². The van der Waals surface area contributed by atoms with Crippen LogP contribution in [-0.2, 0) is 6.54 Å². The molecule has 0 amide bonds. The van der Waals surface area contributed by atoms with Crippen molar-refractivity contribution in [1.82, 2.24) is 5.32 Å².